The number of carbonyl (C=O) groups excluding carboxylic acids is 1. The smallest absolute Gasteiger partial charge is 0.408 e. The van der Waals surface area contributed by atoms with E-state index in [1.807, 2.05) is 0 Å². The van der Waals surface area contributed by atoms with Crippen molar-refractivity contribution in [1.82, 2.24) is 14.9 Å². The molecule has 0 radical (unpaired) electrons. The Hall–Kier alpha value is -1.73. The van der Waals surface area contributed by atoms with Gasteiger partial charge in [-0.2, -0.15) is 13.2 Å². The topological polar surface area (TPSA) is 56.1 Å². The lowest BCUT2D eigenvalue weighted by Crippen LogP contribution is -2.35. The maximum absolute atomic E-state index is 13.1. The molecule has 1 amide bonds. The highest BCUT2D eigenvalue weighted by Crippen LogP contribution is 2.38. The van der Waals surface area contributed by atoms with Crippen molar-refractivity contribution in [3.8, 4) is 0 Å². The molecular formula is C21H32F3N3O2. The SMILES string of the molecule is CC(C)(C)OC(=O)N[C@@H]1CC[C@@H](C2CCCCC2)Cn2c(CC(F)(F)F)cnc21. The van der Waals surface area contributed by atoms with Gasteiger partial charge in [-0.1, -0.05) is 32.1 Å². The van der Waals surface area contributed by atoms with Crippen LogP contribution in [0.1, 0.15) is 83.3 Å². The molecular weight excluding hydrogens is 383 g/mol. The third-order valence-corrected chi connectivity index (χ3v) is 5.91. The van der Waals surface area contributed by atoms with Crippen molar-refractivity contribution < 1.29 is 22.7 Å². The minimum Gasteiger partial charge on any atom is -0.444 e. The van der Waals surface area contributed by atoms with Crippen molar-refractivity contribution in [2.45, 2.75) is 96.5 Å². The quantitative estimate of drug-likeness (QED) is 0.705. The van der Waals surface area contributed by atoms with Gasteiger partial charge in [0.25, 0.3) is 0 Å². The highest BCUT2D eigenvalue weighted by atomic mass is 19.4. The molecule has 3 rings (SSSR count). The van der Waals surface area contributed by atoms with Crippen molar-refractivity contribution in [2.24, 2.45) is 11.8 Å². The summed E-state index contributed by atoms with van der Waals surface area (Å²) in [6.45, 7) is 5.88. The minimum atomic E-state index is -4.29. The zero-order valence-electron chi connectivity index (χ0n) is 17.5. The summed E-state index contributed by atoms with van der Waals surface area (Å²) in [6.07, 6.45) is 2.85. The van der Waals surface area contributed by atoms with Crippen LogP contribution in [0.3, 0.4) is 0 Å². The van der Waals surface area contributed by atoms with Crippen molar-refractivity contribution in [3.63, 3.8) is 0 Å². The molecule has 1 saturated carbocycles. The van der Waals surface area contributed by atoms with Crippen LogP contribution in [-0.4, -0.2) is 27.4 Å². The average molecular weight is 416 g/mol. The lowest BCUT2D eigenvalue weighted by atomic mass is 9.78. The Balaban J connectivity index is 1.84. The first-order chi connectivity index (χ1) is 13.5. The Kier molecular flexibility index (Phi) is 6.48. The molecule has 164 valence electrons. The molecule has 2 aliphatic rings. The molecule has 1 aromatic heterocycles. The highest BCUT2D eigenvalue weighted by molar-refractivity contribution is 5.68. The Morgan fingerprint density at radius 3 is 2.45 bits per heavy atom. The van der Waals surface area contributed by atoms with Crippen molar-refractivity contribution in [2.75, 3.05) is 0 Å². The van der Waals surface area contributed by atoms with Crippen LogP contribution in [0.15, 0.2) is 6.20 Å². The first kappa shape index (κ1) is 22.0. The van der Waals surface area contributed by atoms with Gasteiger partial charge in [0.05, 0.1) is 12.5 Å². The molecule has 0 spiro atoms. The minimum absolute atomic E-state index is 0.172. The van der Waals surface area contributed by atoms with Crippen LogP contribution in [-0.2, 0) is 17.7 Å². The first-order valence-electron chi connectivity index (χ1n) is 10.6. The molecule has 1 aromatic rings. The molecule has 1 fully saturated rings. The third kappa shape index (κ3) is 6.12. The number of carbonyl (C=O) groups is 1. The number of ether oxygens (including phenoxy) is 1. The molecule has 0 unspecified atom stereocenters. The van der Waals surface area contributed by atoms with E-state index in [4.69, 9.17) is 4.74 Å². The zero-order chi connectivity index (χ0) is 21.2. The highest BCUT2D eigenvalue weighted by Gasteiger charge is 2.36. The predicted octanol–water partition coefficient (Wildman–Crippen LogP) is 5.54. The fourth-order valence-electron chi connectivity index (χ4n) is 4.67. The van der Waals surface area contributed by atoms with Gasteiger partial charge in [-0.05, 0) is 45.4 Å². The number of fused-ring (bicyclic) bond motifs is 1. The molecule has 1 aliphatic carbocycles. The van der Waals surface area contributed by atoms with E-state index in [1.165, 1.54) is 25.5 Å². The summed E-state index contributed by atoms with van der Waals surface area (Å²) in [4.78, 5) is 16.6. The molecule has 0 saturated heterocycles. The number of rotatable bonds is 3. The van der Waals surface area contributed by atoms with Crippen LogP contribution >= 0.6 is 0 Å². The van der Waals surface area contributed by atoms with Gasteiger partial charge in [0.15, 0.2) is 0 Å². The fourth-order valence-corrected chi connectivity index (χ4v) is 4.67. The summed E-state index contributed by atoms with van der Waals surface area (Å²) >= 11 is 0. The zero-order valence-corrected chi connectivity index (χ0v) is 17.5. The molecule has 0 aromatic carbocycles. The maximum Gasteiger partial charge on any atom is 0.408 e. The number of halogens is 3. The lowest BCUT2D eigenvalue weighted by molar-refractivity contribution is -0.128. The number of amides is 1. The van der Waals surface area contributed by atoms with E-state index in [-0.39, 0.29) is 5.69 Å². The number of nitrogens with one attached hydrogen (secondary N) is 1. The van der Waals surface area contributed by atoms with Crippen LogP contribution < -0.4 is 5.32 Å². The van der Waals surface area contributed by atoms with Gasteiger partial charge >= 0.3 is 12.3 Å². The first-order valence-corrected chi connectivity index (χ1v) is 10.6. The second-order valence-electron chi connectivity index (χ2n) is 9.44. The normalized spacial score (nSPS) is 23.9. The Morgan fingerprint density at radius 1 is 1.14 bits per heavy atom. The third-order valence-electron chi connectivity index (χ3n) is 5.91. The monoisotopic (exact) mass is 415 g/mol. The molecule has 5 nitrogen and oxygen atoms in total. The van der Waals surface area contributed by atoms with E-state index in [0.717, 1.165) is 19.3 Å². The van der Waals surface area contributed by atoms with E-state index in [9.17, 15) is 18.0 Å². The number of alkyl halides is 3. The van der Waals surface area contributed by atoms with Gasteiger partial charge in [0.2, 0.25) is 0 Å². The molecule has 2 heterocycles. The van der Waals surface area contributed by atoms with Crippen molar-refractivity contribution >= 4 is 6.09 Å². The molecule has 1 N–H and O–H groups in total. The van der Waals surface area contributed by atoms with Gasteiger partial charge in [-0.15, -0.1) is 0 Å². The van der Waals surface area contributed by atoms with Crippen LogP contribution in [0, 0.1) is 11.8 Å². The number of hydrogen-bond acceptors (Lipinski definition) is 3. The summed E-state index contributed by atoms with van der Waals surface area (Å²) in [5.41, 5.74) is -0.470. The summed E-state index contributed by atoms with van der Waals surface area (Å²) in [7, 11) is 0. The number of aromatic nitrogens is 2. The summed E-state index contributed by atoms with van der Waals surface area (Å²) in [5.74, 6) is 1.34. The van der Waals surface area contributed by atoms with Gasteiger partial charge < -0.3 is 14.6 Å². The van der Waals surface area contributed by atoms with Crippen LogP contribution in [0.2, 0.25) is 0 Å². The largest absolute Gasteiger partial charge is 0.444 e. The van der Waals surface area contributed by atoms with Gasteiger partial charge in [-0.3, -0.25) is 0 Å². The number of imidazole rings is 1. The van der Waals surface area contributed by atoms with Gasteiger partial charge in [0, 0.05) is 18.4 Å². The van der Waals surface area contributed by atoms with E-state index in [0.29, 0.717) is 30.6 Å². The molecule has 29 heavy (non-hydrogen) atoms. The van der Waals surface area contributed by atoms with Gasteiger partial charge in [0.1, 0.15) is 11.4 Å². The fraction of sp³-hybridized carbons (Fsp3) is 0.810. The predicted molar refractivity (Wildman–Crippen MR) is 103 cm³/mol. The van der Waals surface area contributed by atoms with E-state index in [2.05, 4.69) is 10.3 Å². The molecule has 8 heteroatoms. The van der Waals surface area contributed by atoms with Crippen molar-refractivity contribution in [3.05, 3.63) is 17.7 Å². The molecule has 1 aliphatic heterocycles. The van der Waals surface area contributed by atoms with E-state index >= 15 is 0 Å². The second kappa shape index (κ2) is 8.56. The Bertz CT molecular complexity index is 703. The molecule has 0 bridgehead atoms. The number of nitrogens with zero attached hydrogens (tertiary/aromatic N) is 2. The number of alkyl carbamates (subject to hydrolysis) is 1. The average Bonchev–Trinajstić information content (AvgIpc) is 2.87. The van der Waals surface area contributed by atoms with Gasteiger partial charge in [-0.25, -0.2) is 9.78 Å². The standard InChI is InChI=1S/C21H32F3N3O2/c1-20(2,3)29-19(28)26-17-10-9-15(14-7-5-4-6-8-14)13-27-16(11-21(22,23)24)12-25-18(17)27/h12,14-15,17H,4-11,13H2,1-3H3,(H,26,28)/t15-,17-/m1/s1. The van der Waals surface area contributed by atoms with Crippen LogP contribution in [0.25, 0.3) is 0 Å². The van der Waals surface area contributed by atoms with E-state index in [1.54, 1.807) is 25.3 Å². The number of hydrogen-bond donors (Lipinski definition) is 1. The Labute approximate surface area is 170 Å². The second-order valence-corrected chi connectivity index (χ2v) is 9.44. The summed E-state index contributed by atoms with van der Waals surface area (Å²) in [5, 5.41) is 2.85. The van der Waals surface area contributed by atoms with Crippen LogP contribution in [0.5, 0.6) is 0 Å². The van der Waals surface area contributed by atoms with Crippen LogP contribution in [0.4, 0.5) is 18.0 Å². The maximum atomic E-state index is 13.1. The molecule has 2 atom stereocenters. The Morgan fingerprint density at radius 2 is 1.83 bits per heavy atom. The summed E-state index contributed by atoms with van der Waals surface area (Å²) in [6, 6.07) is -0.444. The van der Waals surface area contributed by atoms with Crippen molar-refractivity contribution in [1.29, 1.82) is 0 Å². The lowest BCUT2D eigenvalue weighted by Gasteiger charge is -2.30. The van der Waals surface area contributed by atoms with E-state index < -0.39 is 30.3 Å². The summed E-state index contributed by atoms with van der Waals surface area (Å²) < 4.78 is 46.4.